The third kappa shape index (κ3) is 4.79. The van der Waals surface area contributed by atoms with Gasteiger partial charge in [-0.05, 0) is 42.0 Å². The normalized spacial score (nSPS) is 20.9. The van der Waals surface area contributed by atoms with Crippen LogP contribution in [0.4, 0.5) is 0 Å². The summed E-state index contributed by atoms with van der Waals surface area (Å²) in [6, 6.07) is 16.8. The molecule has 0 amide bonds. The number of hydrogen-bond acceptors (Lipinski definition) is 3. The van der Waals surface area contributed by atoms with Crippen molar-refractivity contribution in [2.75, 3.05) is 0 Å². The SMILES string of the molecule is C#CC(OC(=O)[C@@H]1[C@@H](CC(Br)Br)C1(C)C)c1cccc(Oc2ccccc2)c1. The van der Waals surface area contributed by atoms with Crippen LogP contribution < -0.4 is 4.74 Å². The number of terminal acetylenes is 1. The summed E-state index contributed by atoms with van der Waals surface area (Å²) in [5.41, 5.74) is 0.632. The molecule has 28 heavy (non-hydrogen) atoms. The summed E-state index contributed by atoms with van der Waals surface area (Å²) in [6.45, 7) is 4.18. The molecule has 1 unspecified atom stereocenters. The topological polar surface area (TPSA) is 35.5 Å². The van der Waals surface area contributed by atoms with Gasteiger partial charge in [-0.2, -0.15) is 0 Å². The van der Waals surface area contributed by atoms with Crippen molar-refractivity contribution in [3.8, 4) is 23.8 Å². The standard InChI is InChI=1S/C23H22Br2O3/c1-4-19(28-22(26)21-18(14-20(24)25)23(21,2)3)15-9-8-12-17(13-15)27-16-10-6-5-7-11-16/h1,5-13,18-21H,14H2,2-3H3/t18-,19?,21+/m1/s1. The number of halogens is 2. The molecule has 0 spiro atoms. The number of carbonyl (C=O) groups excluding carboxylic acids is 1. The molecule has 3 atom stereocenters. The molecule has 2 aromatic carbocycles. The Morgan fingerprint density at radius 3 is 2.46 bits per heavy atom. The molecule has 3 rings (SSSR count). The smallest absolute Gasteiger partial charge is 0.311 e. The van der Waals surface area contributed by atoms with Gasteiger partial charge in [0.1, 0.15) is 11.5 Å². The van der Waals surface area contributed by atoms with Crippen LogP contribution >= 0.6 is 31.9 Å². The van der Waals surface area contributed by atoms with Crippen molar-refractivity contribution in [1.82, 2.24) is 0 Å². The molecule has 0 aromatic heterocycles. The first kappa shape index (κ1) is 21.0. The van der Waals surface area contributed by atoms with Crippen LogP contribution in [-0.4, -0.2) is 9.71 Å². The Balaban J connectivity index is 1.70. The summed E-state index contributed by atoms with van der Waals surface area (Å²) in [5.74, 6) is 3.83. The van der Waals surface area contributed by atoms with Crippen molar-refractivity contribution in [2.24, 2.45) is 17.3 Å². The Hall–Kier alpha value is -1.77. The molecule has 0 saturated heterocycles. The van der Waals surface area contributed by atoms with E-state index in [1.807, 2.05) is 54.6 Å². The molecule has 0 radical (unpaired) electrons. The molecular formula is C23H22Br2O3. The Morgan fingerprint density at radius 2 is 1.82 bits per heavy atom. The van der Waals surface area contributed by atoms with Gasteiger partial charge in [-0.15, -0.1) is 6.42 Å². The predicted molar refractivity (Wildman–Crippen MR) is 118 cm³/mol. The van der Waals surface area contributed by atoms with Gasteiger partial charge in [0.2, 0.25) is 0 Å². The van der Waals surface area contributed by atoms with Crippen molar-refractivity contribution >= 4 is 37.8 Å². The Bertz CT molecular complexity index is 871. The molecule has 0 aliphatic heterocycles. The zero-order valence-electron chi connectivity index (χ0n) is 15.8. The second kappa shape index (κ2) is 8.71. The second-order valence-corrected chi connectivity index (χ2v) is 10.9. The minimum atomic E-state index is -0.743. The van der Waals surface area contributed by atoms with Crippen LogP contribution in [0.25, 0.3) is 0 Å². The molecular weight excluding hydrogens is 484 g/mol. The van der Waals surface area contributed by atoms with Gasteiger partial charge in [0.05, 0.1) is 9.65 Å². The number of benzene rings is 2. The number of hydrogen-bond donors (Lipinski definition) is 0. The van der Waals surface area contributed by atoms with Crippen LogP contribution in [0, 0.1) is 29.6 Å². The van der Waals surface area contributed by atoms with E-state index in [1.54, 1.807) is 0 Å². The minimum absolute atomic E-state index is 0.0890. The highest BCUT2D eigenvalue weighted by Gasteiger charge is 2.62. The second-order valence-electron chi connectivity index (χ2n) is 7.50. The summed E-state index contributed by atoms with van der Waals surface area (Å²) in [4.78, 5) is 12.8. The maximum atomic E-state index is 12.8. The highest BCUT2D eigenvalue weighted by atomic mass is 79.9. The Morgan fingerprint density at radius 1 is 1.14 bits per heavy atom. The van der Waals surface area contributed by atoms with Crippen LogP contribution in [0.3, 0.4) is 0 Å². The summed E-state index contributed by atoms with van der Waals surface area (Å²) >= 11 is 7.00. The molecule has 3 nitrogen and oxygen atoms in total. The molecule has 1 aliphatic carbocycles. The number of ether oxygens (including phenoxy) is 2. The molecule has 1 aliphatic rings. The monoisotopic (exact) mass is 504 g/mol. The molecule has 0 bridgehead atoms. The van der Waals surface area contributed by atoms with E-state index in [-0.39, 0.29) is 27.0 Å². The van der Waals surface area contributed by atoms with E-state index in [0.29, 0.717) is 5.75 Å². The van der Waals surface area contributed by atoms with Crippen molar-refractivity contribution < 1.29 is 14.3 Å². The van der Waals surface area contributed by atoms with Crippen molar-refractivity contribution in [1.29, 1.82) is 0 Å². The van der Waals surface area contributed by atoms with E-state index in [0.717, 1.165) is 17.7 Å². The fraction of sp³-hybridized carbons (Fsp3) is 0.348. The highest BCUT2D eigenvalue weighted by molar-refractivity contribution is 9.24. The lowest BCUT2D eigenvalue weighted by atomic mass is 10.1. The van der Waals surface area contributed by atoms with Crippen LogP contribution in [0.2, 0.25) is 0 Å². The lowest BCUT2D eigenvalue weighted by molar-refractivity contribution is -0.149. The van der Waals surface area contributed by atoms with Crippen LogP contribution in [0.1, 0.15) is 31.9 Å². The summed E-state index contributed by atoms with van der Waals surface area (Å²) in [6.07, 6.45) is 5.79. The quantitative estimate of drug-likeness (QED) is 0.245. The van der Waals surface area contributed by atoms with E-state index in [9.17, 15) is 4.79 Å². The number of para-hydroxylation sites is 1. The maximum Gasteiger partial charge on any atom is 0.311 e. The fourth-order valence-electron chi connectivity index (χ4n) is 3.60. The van der Waals surface area contributed by atoms with Crippen molar-refractivity contribution in [3.63, 3.8) is 0 Å². The number of esters is 1. The first-order chi connectivity index (χ1) is 13.3. The van der Waals surface area contributed by atoms with Gasteiger partial charge in [0, 0.05) is 5.56 Å². The summed E-state index contributed by atoms with van der Waals surface area (Å²) in [5, 5.41) is 0. The molecule has 0 heterocycles. The Kier molecular flexibility index (Phi) is 6.52. The maximum absolute atomic E-state index is 12.8. The van der Waals surface area contributed by atoms with E-state index >= 15 is 0 Å². The largest absolute Gasteiger partial charge is 0.457 e. The van der Waals surface area contributed by atoms with Crippen LogP contribution in [-0.2, 0) is 9.53 Å². The summed E-state index contributed by atoms with van der Waals surface area (Å²) < 4.78 is 11.7. The summed E-state index contributed by atoms with van der Waals surface area (Å²) in [7, 11) is 0. The van der Waals surface area contributed by atoms with E-state index < -0.39 is 6.10 Å². The van der Waals surface area contributed by atoms with Crippen LogP contribution in [0.5, 0.6) is 11.5 Å². The first-order valence-corrected chi connectivity index (χ1v) is 10.9. The van der Waals surface area contributed by atoms with Crippen molar-refractivity contribution in [3.05, 3.63) is 60.2 Å². The molecule has 0 N–H and O–H groups in total. The predicted octanol–water partition coefficient (Wildman–Crippen LogP) is 6.47. The van der Waals surface area contributed by atoms with E-state index in [2.05, 4.69) is 51.6 Å². The van der Waals surface area contributed by atoms with E-state index in [1.165, 1.54) is 0 Å². The third-order valence-corrected chi connectivity index (χ3v) is 6.01. The van der Waals surface area contributed by atoms with Crippen molar-refractivity contribution in [2.45, 2.75) is 30.1 Å². The minimum Gasteiger partial charge on any atom is -0.457 e. The average Bonchev–Trinajstić information content (AvgIpc) is 3.20. The lowest BCUT2D eigenvalue weighted by Gasteiger charge is -2.15. The van der Waals surface area contributed by atoms with Gasteiger partial charge < -0.3 is 9.47 Å². The number of rotatable bonds is 7. The molecule has 1 saturated carbocycles. The zero-order chi connectivity index (χ0) is 20.3. The van der Waals surface area contributed by atoms with Gasteiger partial charge in [-0.3, -0.25) is 4.79 Å². The van der Waals surface area contributed by atoms with Crippen LogP contribution in [0.15, 0.2) is 54.6 Å². The molecule has 2 aromatic rings. The van der Waals surface area contributed by atoms with Gasteiger partial charge in [0.25, 0.3) is 0 Å². The lowest BCUT2D eigenvalue weighted by Crippen LogP contribution is -2.14. The first-order valence-electron chi connectivity index (χ1n) is 9.10. The van der Waals surface area contributed by atoms with Gasteiger partial charge in [-0.25, -0.2) is 0 Å². The molecule has 5 heteroatoms. The molecule has 1 fully saturated rings. The number of alkyl halides is 2. The van der Waals surface area contributed by atoms with Gasteiger partial charge >= 0.3 is 5.97 Å². The fourth-order valence-corrected chi connectivity index (χ4v) is 4.40. The highest BCUT2D eigenvalue weighted by Crippen LogP contribution is 2.61. The van der Waals surface area contributed by atoms with Gasteiger partial charge in [-0.1, -0.05) is 82.0 Å². The zero-order valence-corrected chi connectivity index (χ0v) is 18.9. The Labute approximate surface area is 183 Å². The third-order valence-electron chi connectivity index (χ3n) is 5.26. The number of carbonyl (C=O) groups is 1. The van der Waals surface area contributed by atoms with E-state index in [4.69, 9.17) is 15.9 Å². The average molecular weight is 506 g/mol. The van der Waals surface area contributed by atoms with Gasteiger partial charge in [0.15, 0.2) is 6.10 Å². The molecule has 146 valence electrons.